The molecule has 4 heteroatoms. The molecule has 1 unspecified atom stereocenters. The van der Waals surface area contributed by atoms with Crippen LogP contribution in [0, 0.1) is 11.8 Å². The standard InChI is InChI=1S/C15H29N3O/c1-12(2)10-19-7-5-6-18-11-17-9-15(18)14(8-16)13(3)4/h9,11-14H,5-8,10,16H2,1-4H3. The Labute approximate surface area is 117 Å². The first kappa shape index (κ1) is 16.2. The lowest BCUT2D eigenvalue weighted by Gasteiger charge is -2.20. The third kappa shape index (κ3) is 5.33. The molecule has 0 radical (unpaired) electrons. The summed E-state index contributed by atoms with van der Waals surface area (Å²) in [5.74, 6) is 1.53. The lowest BCUT2D eigenvalue weighted by atomic mass is 9.93. The average Bonchev–Trinajstić information content (AvgIpc) is 2.77. The number of aromatic nitrogens is 2. The minimum Gasteiger partial charge on any atom is -0.381 e. The van der Waals surface area contributed by atoms with E-state index >= 15 is 0 Å². The molecule has 0 aromatic carbocycles. The Hall–Kier alpha value is -0.870. The summed E-state index contributed by atoms with van der Waals surface area (Å²) in [4.78, 5) is 4.27. The van der Waals surface area contributed by atoms with Crippen LogP contribution in [0.1, 0.15) is 45.7 Å². The highest BCUT2D eigenvalue weighted by atomic mass is 16.5. The summed E-state index contributed by atoms with van der Waals surface area (Å²) >= 11 is 0. The van der Waals surface area contributed by atoms with Gasteiger partial charge < -0.3 is 15.0 Å². The first-order valence-electron chi connectivity index (χ1n) is 7.34. The van der Waals surface area contributed by atoms with Gasteiger partial charge in [-0.2, -0.15) is 0 Å². The van der Waals surface area contributed by atoms with Crippen LogP contribution in [0.4, 0.5) is 0 Å². The maximum atomic E-state index is 5.88. The Morgan fingerprint density at radius 2 is 2.05 bits per heavy atom. The number of imidazole rings is 1. The predicted molar refractivity (Wildman–Crippen MR) is 79.1 cm³/mol. The van der Waals surface area contributed by atoms with Crippen molar-refractivity contribution in [3.05, 3.63) is 18.2 Å². The lowest BCUT2D eigenvalue weighted by Crippen LogP contribution is -2.21. The molecular formula is C15H29N3O. The van der Waals surface area contributed by atoms with Crippen LogP contribution in [-0.2, 0) is 11.3 Å². The Bertz CT molecular complexity index is 347. The quantitative estimate of drug-likeness (QED) is 0.700. The number of ether oxygens (including phenoxy) is 1. The Kier molecular flexibility index (Phi) is 7.10. The van der Waals surface area contributed by atoms with Crippen LogP contribution in [0.25, 0.3) is 0 Å². The molecular weight excluding hydrogens is 238 g/mol. The molecule has 0 aliphatic rings. The third-order valence-corrected chi connectivity index (χ3v) is 3.32. The third-order valence-electron chi connectivity index (χ3n) is 3.32. The Morgan fingerprint density at radius 1 is 1.32 bits per heavy atom. The van der Waals surface area contributed by atoms with Gasteiger partial charge in [-0.05, 0) is 18.3 Å². The topological polar surface area (TPSA) is 53.1 Å². The molecule has 2 N–H and O–H groups in total. The van der Waals surface area contributed by atoms with E-state index in [2.05, 4.69) is 37.2 Å². The second-order valence-electron chi connectivity index (χ2n) is 5.92. The summed E-state index contributed by atoms with van der Waals surface area (Å²) in [6.45, 7) is 12.0. The predicted octanol–water partition coefficient (Wildman–Crippen LogP) is 2.64. The summed E-state index contributed by atoms with van der Waals surface area (Å²) in [5, 5.41) is 0. The van der Waals surface area contributed by atoms with E-state index in [4.69, 9.17) is 10.5 Å². The number of aryl methyl sites for hydroxylation is 1. The fourth-order valence-corrected chi connectivity index (χ4v) is 2.22. The van der Waals surface area contributed by atoms with Crippen LogP contribution in [0.3, 0.4) is 0 Å². The minimum absolute atomic E-state index is 0.388. The molecule has 4 nitrogen and oxygen atoms in total. The van der Waals surface area contributed by atoms with Crippen molar-refractivity contribution in [2.24, 2.45) is 17.6 Å². The zero-order valence-electron chi connectivity index (χ0n) is 12.8. The second-order valence-corrected chi connectivity index (χ2v) is 5.92. The van der Waals surface area contributed by atoms with Crippen molar-refractivity contribution in [2.75, 3.05) is 19.8 Å². The lowest BCUT2D eigenvalue weighted by molar-refractivity contribution is 0.105. The van der Waals surface area contributed by atoms with E-state index in [1.165, 1.54) is 5.69 Å². The van der Waals surface area contributed by atoms with Gasteiger partial charge in [0.05, 0.1) is 6.33 Å². The van der Waals surface area contributed by atoms with E-state index < -0.39 is 0 Å². The molecule has 0 amide bonds. The summed E-state index contributed by atoms with van der Waals surface area (Å²) in [5.41, 5.74) is 7.13. The Morgan fingerprint density at radius 3 is 2.63 bits per heavy atom. The van der Waals surface area contributed by atoms with E-state index in [0.29, 0.717) is 24.3 Å². The van der Waals surface area contributed by atoms with Gasteiger partial charge in [0.15, 0.2) is 0 Å². The van der Waals surface area contributed by atoms with Gasteiger partial charge in [0, 0.05) is 44.1 Å². The molecule has 0 fully saturated rings. The van der Waals surface area contributed by atoms with Crippen LogP contribution >= 0.6 is 0 Å². The molecule has 0 spiro atoms. The van der Waals surface area contributed by atoms with E-state index in [-0.39, 0.29) is 0 Å². The fourth-order valence-electron chi connectivity index (χ4n) is 2.22. The average molecular weight is 267 g/mol. The van der Waals surface area contributed by atoms with Crippen LogP contribution in [0.5, 0.6) is 0 Å². The van der Waals surface area contributed by atoms with E-state index in [0.717, 1.165) is 26.2 Å². The normalized spacial score (nSPS) is 13.4. The molecule has 1 heterocycles. The molecule has 0 saturated carbocycles. The van der Waals surface area contributed by atoms with Gasteiger partial charge in [0.2, 0.25) is 0 Å². The highest BCUT2D eigenvalue weighted by molar-refractivity contribution is 5.08. The number of hydrogen-bond donors (Lipinski definition) is 1. The number of nitrogens with zero attached hydrogens (tertiary/aromatic N) is 2. The van der Waals surface area contributed by atoms with Crippen LogP contribution in [0.15, 0.2) is 12.5 Å². The number of hydrogen-bond acceptors (Lipinski definition) is 3. The van der Waals surface area contributed by atoms with Crippen molar-refractivity contribution in [1.82, 2.24) is 9.55 Å². The molecule has 0 aliphatic carbocycles. The van der Waals surface area contributed by atoms with Crippen molar-refractivity contribution in [1.29, 1.82) is 0 Å². The van der Waals surface area contributed by atoms with Gasteiger partial charge in [0.1, 0.15) is 0 Å². The smallest absolute Gasteiger partial charge is 0.0948 e. The molecule has 19 heavy (non-hydrogen) atoms. The van der Waals surface area contributed by atoms with E-state index in [1.807, 2.05) is 12.5 Å². The molecule has 1 aromatic rings. The maximum Gasteiger partial charge on any atom is 0.0948 e. The second kappa shape index (κ2) is 8.33. The molecule has 0 saturated heterocycles. The van der Waals surface area contributed by atoms with Crippen molar-refractivity contribution >= 4 is 0 Å². The molecule has 110 valence electrons. The fraction of sp³-hybridized carbons (Fsp3) is 0.800. The SMILES string of the molecule is CC(C)COCCCn1cncc1C(CN)C(C)C. The zero-order valence-corrected chi connectivity index (χ0v) is 12.8. The largest absolute Gasteiger partial charge is 0.381 e. The van der Waals surface area contributed by atoms with Crippen LogP contribution in [-0.4, -0.2) is 29.3 Å². The molecule has 1 atom stereocenters. The van der Waals surface area contributed by atoms with Gasteiger partial charge in [-0.25, -0.2) is 4.98 Å². The highest BCUT2D eigenvalue weighted by Gasteiger charge is 2.17. The van der Waals surface area contributed by atoms with Gasteiger partial charge in [-0.3, -0.25) is 0 Å². The van der Waals surface area contributed by atoms with E-state index in [1.54, 1.807) is 0 Å². The first-order valence-corrected chi connectivity index (χ1v) is 7.34. The molecule has 1 rings (SSSR count). The van der Waals surface area contributed by atoms with E-state index in [9.17, 15) is 0 Å². The van der Waals surface area contributed by atoms with Crippen molar-refractivity contribution in [3.8, 4) is 0 Å². The first-order chi connectivity index (χ1) is 9.06. The Balaban J connectivity index is 2.44. The molecule has 1 aromatic heterocycles. The molecule has 0 aliphatic heterocycles. The zero-order chi connectivity index (χ0) is 14.3. The van der Waals surface area contributed by atoms with Crippen molar-refractivity contribution < 1.29 is 4.74 Å². The van der Waals surface area contributed by atoms with Gasteiger partial charge in [-0.15, -0.1) is 0 Å². The van der Waals surface area contributed by atoms with Crippen LogP contribution < -0.4 is 5.73 Å². The van der Waals surface area contributed by atoms with Crippen molar-refractivity contribution in [3.63, 3.8) is 0 Å². The van der Waals surface area contributed by atoms with Crippen LogP contribution in [0.2, 0.25) is 0 Å². The monoisotopic (exact) mass is 267 g/mol. The summed E-state index contributed by atoms with van der Waals surface area (Å²) < 4.78 is 7.83. The maximum absolute atomic E-state index is 5.88. The minimum atomic E-state index is 0.388. The number of rotatable bonds is 9. The van der Waals surface area contributed by atoms with Gasteiger partial charge >= 0.3 is 0 Å². The summed E-state index contributed by atoms with van der Waals surface area (Å²) in [6.07, 6.45) is 4.88. The number of nitrogens with two attached hydrogens (primary N) is 1. The van der Waals surface area contributed by atoms with Gasteiger partial charge in [-0.1, -0.05) is 27.7 Å². The molecule has 0 bridgehead atoms. The van der Waals surface area contributed by atoms with Crippen molar-refractivity contribution in [2.45, 2.75) is 46.6 Å². The summed E-state index contributed by atoms with van der Waals surface area (Å²) in [7, 11) is 0. The summed E-state index contributed by atoms with van der Waals surface area (Å²) in [6, 6.07) is 0. The van der Waals surface area contributed by atoms with Gasteiger partial charge in [0.25, 0.3) is 0 Å². The highest BCUT2D eigenvalue weighted by Crippen LogP contribution is 2.23.